The predicted octanol–water partition coefficient (Wildman–Crippen LogP) is 3.71. The summed E-state index contributed by atoms with van der Waals surface area (Å²) in [5.41, 5.74) is 2.57. The van der Waals surface area contributed by atoms with E-state index in [0.717, 1.165) is 16.7 Å². The van der Waals surface area contributed by atoms with Crippen LogP contribution in [0.25, 0.3) is 10.2 Å². The van der Waals surface area contributed by atoms with Crippen molar-refractivity contribution < 1.29 is 4.74 Å². The average Bonchev–Trinajstić information content (AvgIpc) is 2.83. The molecule has 5 heteroatoms. The van der Waals surface area contributed by atoms with Crippen molar-refractivity contribution in [3.05, 3.63) is 14.6 Å². The Balaban J connectivity index is 2.11. The molecule has 0 radical (unpaired) electrons. The molecule has 3 rings (SSSR count). The highest BCUT2D eigenvalue weighted by Gasteiger charge is 2.22. The first-order chi connectivity index (χ1) is 7.77. The molecular weight excluding hydrogens is 335 g/mol. The van der Waals surface area contributed by atoms with Crippen LogP contribution in [0, 0.1) is 10.6 Å². The number of aromatic nitrogens is 2. The second-order valence-corrected chi connectivity index (χ2v) is 6.05. The molecule has 1 unspecified atom stereocenters. The number of halogens is 1. The molecule has 16 heavy (non-hydrogen) atoms. The molecule has 0 amide bonds. The van der Waals surface area contributed by atoms with E-state index >= 15 is 0 Å². The van der Waals surface area contributed by atoms with Crippen molar-refractivity contribution in [1.82, 2.24) is 9.78 Å². The molecule has 3 heterocycles. The zero-order valence-electron chi connectivity index (χ0n) is 9.07. The van der Waals surface area contributed by atoms with Gasteiger partial charge >= 0.3 is 0 Å². The van der Waals surface area contributed by atoms with E-state index < -0.39 is 0 Å². The monoisotopic (exact) mass is 348 g/mol. The number of nitrogens with zero attached hydrogens (tertiary/aromatic N) is 2. The highest BCUT2D eigenvalue weighted by Crippen LogP contribution is 2.33. The van der Waals surface area contributed by atoms with Gasteiger partial charge in [0.2, 0.25) is 0 Å². The smallest absolute Gasteiger partial charge is 0.150 e. The molecule has 1 aliphatic rings. The molecule has 0 spiro atoms. The maximum absolute atomic E-state index is 5.81. The third kappa shape index (κ3) is 1.69. The van der Waals surface area contributed by atoms with Crippen molar-refractivity contribution in [3.8, 4) is 0 Å². The quantitative estimate of drug-likeness (QED) is 0.735. The fourth-order valence-corrected chi connectivity index (χ4v) is 3.96. The highest BCUT2D eigenvalue weighted by atomic mass is 127. The van der Waals surface area contributed by atoms with Crippen LogP contribution in [0.1, 0.15) is 31.1 Å². The molecular formula is C11H13IN2OS. The van der Waals surface area contributed by atoms with Crippen LogP contribution in [-0.2, 0) is 4.74 Å². The summed E-state index contributed by atoms with van der Waals surface area (Å²) in [4.78, 5) is 0. The third-order valence-electron chi connectivity index (χ3n) is 2.98. The summed E-state index contributed by atoms with van der Waals surface area (Å²) in [7, 11) is 0. The van der Waals surface area contributed by atoms with Gasteiger partial charge in [0, 0.05) is 6.61 Å². The van der Waals surface area contributed by atoms with Crippen LogP contribution >= 0.6 is 33.9 Å². The number of aryl methyl sites for hydroxylation is 1. The van der Waals surface area contributed by atoms with Crippen molar-refractivity contribution in [2.24, 2.45) is 0 Å². The van der Waals surface area contributed by atoms with Gasteiger partial charge in [0.1, 0.15) is 3.70 Å². The van der Waals surface area contributed by atoms with Gasteiger partial charge in [0.15, 0.2) is 6.23 Å². The molecule has 3 nitrogen and oxygen atoms in total. The van der Waals surface area contributed by atoms with Crippen LogP contribution in [-0.4, -0.2) is 16.4 Å². The Kier molecular flexibility index (Phi) is 2.93. The third-order valence-corrected chi connectivity index (χ3v) is 5.20. The van der Waals surface area contributed by atoms with Crippen molar-refractivity contribution in [2.45, 2.75) is 32.4 Å². The molecule has 1 atom stereocenters. The van der Waals surface area contributed by atoms with E-state index in [-0.39, 0.29) is 6.23 Å². The molecule has 2 aromatic rings. The summed E-state index contributed by atoms with van der Waals surface area (Å²) in [6.45, 7) is 3.02. The summed E-state index contributed by atoms with van der Waals surface area (Å²) >= 11 is 4.09. The van der Waals surface area contributed by atoms with E-state index in [0.29, 0.717) is 0 Å². The largest absolute Gasteiger partial charge is 0.356 e. The van der Waals surface area contributed by atoms with Gasteiger partial charge < -0.3 is 4.74 Å². The highest BCUT2D eigenvalue weighted by molar-refractivity contribution is 14.1. The maximum Gasteiger partial charge on any atom is 0.150 e. The van der Waals surface area contributed by atoms with Crippen LogP contribution in [0.15, 0.2) is 5.38 Å². The Morgan fingerprint density at radius 3 is 3.19 bits per heavy atom. The molecule has 1 fully saturated rings. The Hall–Kier alpha value is -0.140. The van der Waals surface area contributed by atoms with E-state index in [9.17, 15) is 0 Å². The Labute approximate surface area is 112 Å². The first-order valence-electron chi connectivity index (χ1n) is 5.51. The lowest BCUT2D eigenvalue weighted by Gasteiger charge is -2.23. The number of hydrogen-bond donors (Lipinski definition) is 0. The van der Waals surface area contributed by atoms with Crippen LogP contribution in [0.4, 0.5) is 0 Å². The summed E-state index contributed by atoms with van der Waals surface area (Å²) in [5, 5.41) is 6.83. The zero-order chi connectivity index (χ0) is 11.1. The van der Waals surface area contributed by atoms with E-state index in [2.05, 4.69) is 44.7 Å². The van der Waals surface area contributed by atoms with Crippen molar-refractivity contribution >= 4 is 44.1 Å². The minimum Gasteiger partial charge on any atom is -0.356 e. The van der Waals surface area contributed by atoms with Gasteiger partial charge in [0.25, 0.3) is 0 Å². The lowest BCUT2D eigenvalue weighted by Crippen LogP contribution is -2.19. The van der Waals surface area contributed by atoms with Crippen LogP contribution in [0.5, 0.6) is 0 Å². The van der Waals surface area contributed by atoms with E-state index in [1.165, 1.54) is 28.6 Å². The molecule has 1 saturated heterocycles. The van der Waals surface area contributed by atoms with E-state index in [1.807, 2.05) is 0 Å². The van der Waals surface area contributed by atoms with Gasteiger partial charge in [0.05, 0.1) is 10.2 Å². The Morgan fingerprint density at radius 2 is 2.44 bits per heavy atom. The molecule has 2 aromatic heterocycles. The summed E-state index contributed by atoms with van der Waals surface area (Å²) in [6.07, 6.45) is 3.65. The van der Waals surface area contributed by atoms with Gasteiger partial charge in [-0.1, -0.05) is 0 Å². The van der Waals surface area contributed by atoms with Gasteiger partial charge in [-0.25, -0.2) is 4.68 Å². The summed E-state index contributed by atoms with van der Waals surface area (Å²) in [5.74, 6) is 0. The van der Waals surface area contributed by atoms with Crippen molar-refractivity contribution in [3.63, 3.8) is 0 Å². The lowest BCUT2D eigenvalue weighted by molar-refractivity contribution is -0.0369. The van der Waals surface area contributed by atoms with Gasteiger partial charge in [-0.05, 0) is 59.7 Å². The minimum atomic E-state index is 0.146. The first-order valence-corrected chi connectivity index (χ1v) is 7.46. The van der Waals surface area contributed by atoms with Crippen molar-refractivity contribution in [1.29, 1.82) is 0 Å². The topological polar surface area (TPSA) is 27.1 Å². The predicted molar refractivity (Wildman–Crippen MR) is 73.9 cm³/mol. The van der Waals surface area contributed by atoms with Crippen LogP contribution < -0.4 is 0 Å². The van der Waals surface area contributed by atoms with Gasteiger partial charge in [-0.3, -0.25) is 0 Å². The number of hydrogen-bond acceptors (Lipinski definition) is 3. The number of ether oxygens (including phenoxy) is 1. The second kappa shape index (κ2) is 4.27. The number of thiophene rings is 1. The Bertz CT molecular complexity index is 513. The summed E-state index contributed by atoms with van der Waals surface area (Å²) in [6, 6.07) is 0. The summed E-state index contributed by atoms with van der Waals surface area (Å²) < 4.78 is 10.3. The second-order valence-electron chi connectivity index (χ2n) is 4.15. The van der Waals surface area contributed by atoms with Crippen molar-refractivity contribution in [2.75, 3.05) is 6.61 Å². The SMILES string of the molecule is Cc1csc2c(I)nn(C3CCCCO3)c12. The molecule has 0 bridgehead atoms. The molecule has 0 aliphatic carbocycles. The Morgan fingerprint density at radius 1 is 1.56 bits per heavy atom. The molecule has 0 N–H and O–H groups in total. The number of fused-ring (bicyclic) bond motifs is 1. The molecule has 0 aromatic carbocycles. The first kappa shape index (κ1) is 11.0. The fourth-order valence-electron chi connectivity index (χ4n) is 2.18. The fraction of sp³-hybridized carbons (Fsp3) is 0.545. The van der Waals surface area contributed by atoms with Gasteiger partial charge in [-0.15, -0.1) is 11.3 Å². The zero-order valence-corrected chi connectivity index (χ0v) is 12.0. The standard InChI is InChI=1S/C11H13IN2OS/c1-7-6-16-10-9(7)14(13-11(10)12)8-4-2-3-5-15-8/h6,8H,2-5H2,1H3. The molecule has 0 saturated carbocycles. The van der Waals surface area contributed by atoms with Gasteiger partial charge in [-0.2, -0.15) is 5.10 Å². The lowest BCUT2D eigenvalue weighted by atomic mass is 10.2. The normalized spacial score (nSPS) is 21.8. The average molecular weight is 348 g/mol. The van der Waals surface area contributed by atoms with E-state index in [4.69, 9.17) is 4.74 Å². The van der Waals surface area contributed by atoms with Crippen LogP contribution in [0.2, 0.25) is 0 Å². The number of rotatable bonds is 1. The molecule has 1 aliphatic heterocycles. The van der Waals surface area contributed by atoms with Crippen LogP contribution in [0.3, 0.4) is 0 Å². The maximum atomic E-state index is 5.81. The van der Waals surface area contributed by atoms with E-state index in [1.54, 1.807) is 11.3 Å². The minimum absolute atomic E-state index is 0.146. The molecule has 86 valence electrons.